The second kappa shape index (κ2) is 4.92. The lowest BCUT2D eigenvalue weighted by atomic mass is 10.5. The first kappa shape index (κ1) is 7.77. The average Bonchev–Trinajstić information content (AvgIpc) is 1.80. The van der Waals surface area contributed by atoms with E-state index >= 15 is 0 Å². The second-order valence-electron chi connectivity index (χ2n) is 1.79. The van der Waals surface area contributed by atoms with Crippen LogP contribution in [0.5, 0.6) is 0 Å². The molecule has 0 unspecified atom stereocenters. The van der Waals surface area contributed by atoms with Gasteiger partial charge in [-0.15, -0.1) is 0 Å². The Balaban J connectivity index is 3.50. The lowest BCUT2D eigenvalue weighted by Gasteiger charge is -2.00. The van der Waals surface area contributed by atoms with Gasteiger partial charge >= 0.3 is 0 Å². The van der Waals surface area contributed by atoms with Gasteiger partial charge < -0.3 is 4.90 Å². The number of nitriles is 1. The third-order valence-electron chi connectivity index (χ3n) is 0.666. The van der Waals surface area contributed by atoms with Crippen LogP contribution in [0.25, 0.3) is 0 Å². The molecule has 2 nitrogen and oxygen atoms in total. The van der Waals surface area contributed by atoms with E-state index in [1.165, 1.54) is 6.08 Å². The fourth-order valence-corrected chi connectivity index (χ4v) is 0.320. The van der Waals surface area contributed by atoms with Crippen molar-refractivity contribution in [3.05, 3.63) is 24.4 Å². The maximum absolute atomic E-state index is 8.05. The molecule has 0 fully saturated rings. The molecule has 0 aliphatic rings. The molecular weight excluding hydrogens is 112 g/mol. The fourth-order valence-electron chi connectivity index (χ4n) is 0.320. The third kappa shape index (κ3) is 6.77. The van der Waals surface area contributed by atoms with E-state index < -0.39 is 0 Å². The van der Waals surface area contributed by atoms with Crippen LogP contribution in [0, 0.1) is 11.3 Å². The molecular formula is C7H10N2. The van der Waals surface area contributed by atoms with Gasteiger partial charge in [0.25, 0.3) is 0 Å². The summed E-state index contributed by atoms with van der Waals surface area (Å²) in [6.07, 6.45) is 6.80. The Kier molecular flexibility index (Phi) is 4.25. The minimum absolute atomic E-state index is 1.43. The zero-order chi connectivity index (χ0) is 7.11. The molecule has 0 heterocycles. The predicted molar refractivity (Wildman–Crippen MR) is 37.6 cm³/mol. The summed E-state index contributed by atoms with van der Waals surface area (Å²) in [5.41, 5.74) is 0. The Labute approximate surface area is 55.7 Å². The summed E-state index contributed by atoms with van der Waals surface area (Å²) in [6, 6.07) is 1.89. The fraction of sp³-hybridized carbons (Fsp3) is 0.286. The van der Waals surface area contributed by atoms with Gasteiger partial charge in [0, 0.05) is 20.2 Å². The maximum atomic E-state index is 8.05. The van der Waals surface area contributed by atoms with Crippen LogP contribution in [-0.2, 0) is 0 Å². The van der Waals surface area contributed by atoms with Gasteiger partial charge in [0.1, 0.15) is 0 Å². The molecule has 0 N–H and O–H groups in total. The molecule has 2 heteroatoms. The predicted octanol–water partition coefficient (Wildman–Crippen LogP) is 1.14. The van der Waals surface area contributed by atoms with Crippen molar-refractivity contribution < 1.29 is 0 Å². The molecule has 9 heavy (non-hydrogen) atoms. The lowest BCUT2D eigenvalue weighted by Crippen LogP contribution is -1.99. The Bertz CT molecular complexity index is 149. The highest BCUT2D eigenvalue weighted by Crippen LogP contribution is 1.78. The van der Waals surface area contributed by atoms with Crippen LogP contribution in [0.4, 0.5) is 0 Å². The van der Waals surface area contributed by atoms with E-state index in [2.05, 4.69) is 0 Å². The smallest absolute Gasteiger partial charge is 0.0912 e. The van der Waals surface area contributed by atoms with E-state index in [1.807, 2.05) is 37.3 Å². The highest BCUT2D eigenvalue weighted by atomic mass is 15.0. The second-order valence-corrected chi connectivity index (χ2v) is 1.79. The van der Waals surface area contributed by atoms with Crippen molar-refractivity contribution in [1.82, 2.24) is 4.90 Å². The van der Waals surface area contributed by atoms with Gasteiger partial charge in [-0.05, 0) is 12.3 Å². The van der Waals surface area contributed by atoms with Gasteiger partial charge in [-0.25, -0.2) is 0 Å². The number of hydrogen-bond acceptors (Lipinski definition) is 2. The SMILES string of the molecule is CN(C)/C=C\C=C\C#N. The number of rotatable bonds is 2. The van der Waals surface area contributed by atoms with Crippen LogP contribution in [0.2, 0.25) is 0 Å². The van der Waals surface area contributed by atoms with E-state index in [1.54, 1.807) is 6.08 Å². The molecule has 0 amide bonds. The van der Waals surface area contributed by atoms with Crippen LogP contribution in [0.1, 0.15) is 0 Å². The maximum Gasteiger partial charge on any atom is 0.0912 e. The van der Waals surface area contributed by atoms with Gasteiger partial charge in [0.15, 0.2) is 0 Å². The van der Waals surface area contributed by atoms with Gasteiger partial charge in [0.2, 0.25) is 0 Å². The van der Waals surface area contributed by atoms with Crippen molar-refractivity contribution >= 4 is 0 Å². The minimum Gasteiger partial charge on any atom is -0.383 e. The van der Waals surface area contributed by atoms with Crippen LogP contribution in [-0.4, -0.2) is 19.0 Å². The van der Waals surface area contributed by atoms with Crippen molar-refractivity contribution in [2.75, 3.05) is 14.1 Å². The Morgan fingerprint density at radius 1 is 1.33 bits per heavy atom. The monoisotopic (exact) mass is 122 g/mol. The Hall–Kier alpha value is -1.23. The molecule has 0 aliphatic carbocycles. The number of hydrogen-bond donors (Lipinski definition) is 0. The average molecular weight is 122 g/mol. The normalized spacial score (nSPS) is 10.3. The van der Waals surface area contributed by atoms with Crippen LogP contribution in [0.3, 0.4) is 0 Å². The van der Waals surface area contributed by atoms with E-state index in [9.17, 15) is 0 Å². The molecule has 48 valence electrons. The highest BCUT2D eigenvalue weighted by molar-refractivity contribution is 5.10. The van der Waals surface area contributed by atoms with Crippen LogP contribution in [0.15, 0.2) is 24.4 Å². The zero-order valence-electron chi connectivity index (χ0n) is 5.70. The molecule has 0 rings (SSSR count). The molecule has 0 saturated heterocycles. The summed E-state index contributed by atoms with van der Waals surface area (Å²) >= 11 is 0. The molecule has 0 aromatic heterocycles. The molecule has 0 atom stereocenters. The summed E-state index contributed by atoms with van der Waals surface area (Å²) in [7, 11) is 3.85. The van der Waals surface area contributed by atoms with Gasteiger partial charge in [0.05, 0.1) is 6.07 Å². The van der Waals surface area contributed by atoms with Crippen molar-refractivity contribution in [3.8, 4) is 6.07 Å². The third-order valence-corrected chi connectivity index (χ3v) is 0.666. The van der Waals surface area contributed by atoms with Gasteiger partial charge in [-0.1, -0.05) is 6.08 Å². The van der Waals surface area contributed by atoms with Crippen LogP contribution >= 0.6 is 0 Å². The molecule has 0 bridgehead atoms. The summed E-state index contributed by atoms with van der Waals surface area (Å²) in [5.74, 6) is 0. The van der Waals surface area contributed by atoms with E-state index in [-0.39, 0.29) is 0 Å². The van der Waals surface area contributed by atoms with E-state index in [0.717, 1.165) is 0 Å². The molecule has 0 aromatic carbocycles. The number of allylic oxidation sites excluding steroid dienone is 3. The number of nitrogens with zero attached hydrogens (tertiary/aromatic N) is 2. The van der Waals surface area contributed by atoms with Crippen LogP contribution < -0.4 is 0 Å². The van der Waals surface area contributed by atoms with Crippen molar-refractivity contribution in [2.45, 2.75) is 0 Å². The molecule has 0 saturated carbocycles. The summed E-state index contributed by atoms with van der Waals surface area (Å²) in [4.78, 5) is 1.90. The lowest BCUT2D eigenvalue weighted by molar-refractivity contribution is 0.564. The minimum atomic E-state index is 1.43. The first-order chi connectivity index (χ1) is 4.27. The van der Waals surface area contributed by atoms with Gasteiger partial charge in [-0.3, -0.25) is 0 Å². The summed E-state index contributed by atoms with van der Waals surface area (Å²) in [5, 5.41) is 8.05. The topological polar surface area (TPSA) is 27.0 Å². The first-order valence-electron chi connectivity index (χ1n) is 2.66. The highest BCUT2D eigenvalue weighted by Gasteiger charge is 1.69. The van der Waals surface area contributed by atoms with E-state index in [0.29, 0.717) is 0 Å². The van der Waals surface area contributed by atoms with Crippen molar-refractivity contribution in [2.24, 2.45) is 0 Å². The van der Waals surface area contributed by atoms with Crippen molar-refractivity contribution in [1.29, 1.82) is 5.26 Å². The largest absolute Gasteiger partial charge is 0.383 e. The standard InChI is InChI=1S/C7H10N2/c1-9(2)7-5-3-4-6-8/h3-5,7H,1-2H3/b4-3+,7-5-. The quantitative estimate of drug-likeness (QED) is 0.405. The summed E-state index contributed by atoms with van der Waals surface area (Å²) in [6.45, 7) is 0. The Morgan fingerprint density at radius 2 is 2.00 bits per heavy atom. The zero-order valence-corrected chi connectivity index (χ0v) is 5.70. The van der Waals surface area contributed by atoms with E-state index in [4.69, 9.17) is 5.26 Å². The first-order valence-corrected chi connectivity index (χ1v) is 2.66. The summed E-state index contributed by atoms with van der Waals surface area (Å²) < 4.78 is 0. The van der Waals surface area contributed by atoms with Gasteiger partial charge in [-0.2, -0.15) is 5.26 Å². The Morgan fingerprint density at radius 3 is 2.44 bits per heavy atom. The molecule has 0 aliphatic heterocycles. The van der Waals surface area contributed by atoms with Crippen molar-refractivity contribution in [3.63, 3.8) is 0 Å². The molecule has 0 aromatic rings. The molecule has 0 radical (unpaired) electrons. The molecule has 0 spiro atoms.